The Morgan fingerprint density at radius 1 is 1.07 bits per heavy atom. The van der Waals surface area contributed by atoms with Crippen LogP contribution in [0, 0.1) is 13.8 Å². The van der Waals surface area contributed by atoms with Crippen LogP contribution in [0.3, 0.4) is 0 Å². The average Bonchev–Trinajstić information content (AvgIpc) is 2.56. The monoisotopic (exact) mass is 401 g/mol. The van der Waals surface area contributed by atoms with E-state index in [-0.39, 0.29) is 4.90 Å². The summed E-state index contributed by atoms with van der Waals surface area (Å²) in [4.78, 5) is 12.0. The van der Waals surface area contributed by atoms with Crippen LogP contribution in [0.4, 0.5) is 13.2 Å². The van der Waals surface area contributed by atoms with E-state index in [1.807, 2.05) is 6.92 Å². The van der Waals surface area contributed by atoms with Crippen LogP contribution in [0.5, 0.6) is 5.75 Å². The maximum absolute atomic E-state index is 12.9. The first kappa shape index (κ1) is 20.9. The van der Waals surface area contributed by atoms with Crippen molar-refractivity contribution in [2.45, 2.75) is 24.9 Å². The molecule has 0 atom stereocenters. The third kappa shape index (κ3) is 4.86. The highest BCUT2D eigenvalue weighted by Gasteiger charge is 2.35. The largest absolute Gasteiger partial charge is 0.425 e. The number of sulfonamides is 1. The molecule has 0 aliphatic rings. The van der Waals surface area contributed by atoms with Crippen LogP contribution in [0.25, 0.3) is 0 Å². The molecule has 0 spiro atoms. The quantitative estimate of drug-likeness (QED) is 0.568. The van der Waals surface area contributed by atoms with Crippen LogP contribution in [0.1, 0.15) is 16.7 Å². The molecule has 0 N–H and O–H groups in total. The fourth-order valence-electron chi connectivity index (χ4n) is 2.27. The fourth-order valence-corrected chi connectivity index (χ4v) is 3.47. The molecule has 146 valence electrons. The summed E-state index contributed by atoms with van der Waals surface area (Å²) in [6, 6.07) is 8.72. The van der Waals surface area contributed by atoms with Gasteiger partial charge in [-0.05, 0) is 49.2 Å². The molecule has 0 radical (unpaired) electrons. The Morgan fingerprint density at radius 2 is 1.70 bits per heavy atom. The third-order valence-electron chi connectivity index (χ3n) is 3.95. The first-order valence-corrected chi connectivity index (χ1v) is 9.27. The van der Waals surface area contributed by atoms with E-state index >= 15 is 0 Å². The minimum absolute atomic E-state index is 0.0170. The molecule has 9 heteroatoms. The molecule has 0 aliphatic carbocycles. The predicted molar refractivity (Wildman–Crippen MR) is 92.8 cm³/mol. The van der Waals surface area contributed by atoms with E-state index in [0.717, 1.165) is 40.7 Å². The van der Waals surface area contributed by atoms with Crippen molar-refractivity contribution in [1.29, 1.82) is 0 Å². The summed E-state index contributed by atoms with van der Waals surface area (Å²) >= 11 is 0. The molecule has 0 saturated heterocycles. The summed E-state index contributed by atoms with van der Waals surface area (Å²) in [5, 5.41) is 0. The summed E-state index contributed by atoms with van der Waals surface area (Å²) in [5.74, 6) is -1.80. The van der Waals surface area contributed by atoms with Crippen molar-refractivity contribution in [3.63, 3.8) is 0 Å². The molecule has 0 aromatic heterocycles. The van der Waals surface area contributed by atoms with E-state index in [2.05, 4.69) is 0 Å². The fraction of sp³-hybridized carbons (Fsp3) is 0.278. The molecule has 0 unspecified atom stereocenters. The van der Waals surface area contributed by atoms with Crippen LogP contribution in [0.2, 0.25) is 0 Å². The van der Waals surface area contributed by atoms with Gasteiger partial charge in [0, 0.05) is 7.05 Å². The van der Waals surface area contributed by atoms with E-state index in [4.69, 9.17) is 4.74 Å². The maximum atomic E-state index is 12.9. The molecule has 0 saturated carbocycles. The zero-order valence-corrected chi connectivity index (χ0v) is 15.7. The van der Waals surface area contributed by atoms with Crippen molar-refractivity contribution in [1.82, 2.24) is 4.31 Å². The second kappa shape index (κ2) is 7.69. The van der Waals surface area contributed by atoms with Crippen molar-refractivity contribution in [2.24, 2.45) is 0 Å². The molecule has 2 aromatic carbocycles. The number of esters is 1. The Morgan fingerprint density at radius 3 is 2.30 bits per heavy atom. The van der Waals surface area contributed by atoms with Gasteiger partial charge in [0.1, 0.15) is 12.3 Å². The number of halogens is 3. The Hall–Kier alpha value is -2.39. The minimum Gasteiger partial charge on any atom is -0.425 e. The highest BCUT2D eigenvalue weighted by atomic mass is 32.2. The van der Waals surface area contributed by atoms with Gasteiger partial charge in [0.15, 0.2) is 0 Å². The Labute approximate surface area is 155 Å². The van der Waals surface area contributed by atoms with Crippen LogP contribution in [-0.4, -0.2) is 32.3 Å². The lowest BCUT2D eigenvalue weighted by molar-refractivity contribution is -0.142. The summed E-state index contributed by atoms with van der Waals surface area (Å²) in [7, 11) is -2.84. The molecule has 0 heterocycles. The van der Waals surface area contributed by atoms with E-state index in [1.54, 1.807) is 13.0 Å². The Kier molecular flexibility index (Phi) is 5.96. The highest BCUT2D eigenvalue weighted by molar-refractivity contribution is 7.89. The van der Waals surface area contributed by atoms with Crippen molar-refractivity contribution < 1.29 is 31.1 Å². The summed E-state index contributed by atoms with van der Waals surface area (Å²) in [6.45, 7) is 2.84. The number of para-hydroxylation sites is 1. The number of likely N-dealkylation sites (N-methyl/N-ethyl adjacent to an activating group) is 1. The third-order valence-corrected chi connectivity index (χ3v) is 5.75. The van der Waals surface area contributed by atoms with Gasteiger partial charge in [-0.3, -0.25) is 4.79 Å². The van der Waals surface area contributed by atoms with Gasteiger partial charge in [-0.1, -0.05) is 18.2 Å². The summed E-state index contributed by atoms with van der Waals surface area (Å²) < 4.78 is 69.4. The van der Waals surface area contributed by atoms with E-state index in [0.29, 0.717) is 0 Å². The van der Waals surface area contributed by atoms with Crippen LogP contribution in [0.15, 0.2) is 47.4 Å². The smallest absolute Gasteiger partial charge is 0.419 e. The van der Waals surface area contributed by atoms with Crippen molar-refractivity contribution in [3.8, 4) is 5.75 Å². The molecular formula is C18H18F3NO4S. The normalized spacial score (nSPS) is 12.3. The number of rotatable bonds is 5. The number of nitrogens with zero attached hydrogens (tertiary/aromatic N) is 1. The number of aryl methyl sites for hydroxylation is 2. The molecule has 0 bridgehead atoms. The summed E-state index contributed by atoms with van der Waals surface area (Å²) in [6.07, 6.45) is -4.70. The van der Waals surface area contributed by atoms with Gasteiger partial charge in [-0.15, -0.1) is 0 Å². The number of hydrogen-bond acceptors (Lipinski definition) is 4. The minimum atomic E-state index is -4.70. The number of ether oxygens (including phenoxy) is 1. The lowest BCUT2D eigenvalue weighted by Gasteiger charge is -2.18. The average molecular weight is 401 g/mol. The number of carbonyl (C=O) groups excluding carboxylic acids is 1. The topological polar surface area (TPSA) is 63.7 Å². The van der Waals surface area contributed by atoms with Gasteiger partial charge in [-0.2, -0.15) is 17.5 Å². The van der Waals surface area contributed by atoms with Gasteiger partial charge in [-0.25, -0.2) is 8.42 Å². The van der Waals surface area contributed by atoms with Gasteiger partial charge in [0.25, 0.3) is 0 Å². The molecule has 5 nitrogen and oxygen atoms in total. The molecule has 0 aliphatic heterocycles. The van der Waals surface area contributed by atoms with Gasteiger partial charge in [0.05, 0.1) is 10.5 Å². The van der Waals surface area contributed by atoms with Gasteiger partial charge < -0.3 is 4.74 Å². The van der Waals surface area contributed by atoms with Crippen LogP contribution >= 0.6 is 0 Å². The molecule has 0 fully saturated rings. The van der Waals surface area contributed by atoms with E-state index in [9.17, 15) is 26.4 Å². The molecule has 2 rings (SSSR count). The number of benzene rings is 2. The van der Waals surface area contributed by atoms with E-state index in [1.165, 1.54) is 18.2 Å². The number of carbonyl (C=O) groups is 1. The maximum Gasteiger partial charge on any atom is 0.419 e. The number of alkyl halides is 3. The van der Waals surface area contributed by atoms with E-state index < -0.39 is 40.0 Å². The van der Waals surface area contributed by atoms with Gasteiger partial charge in [0.2, 0.25) is 10.0 Å². The van der Waals surface area contributed by atoms with Crippen molar-refractivity contribution >= 4 is 16.0 Å². The SMILES string of the molecule is Cc1ccc(S(=O)(=O)N(C)CC(=O)Oc2ccccc2C(F)(F)F)cc1C. The van der Waals surface area contributed by atoms with Crippen LogP contribution < -0.4 is 4.74 Å². The highest BCUT2D eigenvalue weighted by Crippen LogP contribution is 2.36. The van der Waals surface area contributed by atoms with Gasteiger partial charge >= 0.3 is 12.1 Å². The zero-order chi connectivity index (χ0) is 20.4. The molecule has 2 aromatic rings. The Bertz CT molecular complexity index is 955. The standard InChI is InChI=1S/C18H18F3NO4S/c1-12-8-9-14(10-13(12)2)27(24,25)22(3)11-17(23)26-16-7-5-4-6-15(16)18(19,20)21/h4-10H,11H2,1-3H3. The second-order valence-electron chi connectivity index (χ2n) is 5.98. The summed E-state index contributed by atoms with van der Waals surface area (Å²) in [5.41, 5.74) is 0.545. The molecular weight excluding hydrogens is 383 g/mol. The second-order valence-corrected chi connectivity index (χ2v) is 8.02. The first-order chi connectivity index (χ1) is 12.4. The lowest BCUT2D eigenvalue weighted by atomic mass is 10.1. The lowest BCUT2D eigenvalue weighted by Crippen LogP contribution is -2.34. The molecule has 0 amide bonds. The zero-order valence-electron chi connectivity index (χ0n) is 14.9. The number of hydrogen-bond donors (Lipinski definition) is 0. The first-order valence-electron chi connectivity index (χ1n) is 7.83. The van der Waals surface area contributed by atoms with Crippen LogP contribution in [-0.2, 0) is 21.0 Å². The predicted octanol–water partition coefficient (Wildman–Crippen LogP) is 3.55. The van der Waals surface area contributed by atoms with Crippen molar-refractivity contribution in [3.05, 3.63) is 59.2 Å². The molecule has 27 heavy (non-hydrogen) atoms. The van der Waals surface area contributed by atoms with Crippen molar-refractivity contribution in [2.75, 3.05) is 13.6 Å². The Balaban J connectivity index is 2.17.